The summed E-state index contributed by atoms with van der Waals surface area (Å²) in [5.41, 5.74) is 0. The van der Waals surface area contributed by atoms with Crippen LogP contribution in [0, 0.1) is 0 Å². The molecule has 0 atom stereocenters. The van der Waals surface area contributed by atoms with E-state index in [2.05, 4.69) is 35.1 Å². The van der Waals surface area contributed by atoms with Crippen molar-refractivity contribution >= 4 is 18.0 Å². The highest BCUT2D eigenvalue weighted by molar-refractivity contribution is 5.75. The van der Waals surface area contributed by atoms with Gasteiger partial charge in [-0.25, -0.2) is 9.59 Å². The molecule has 0 heterocycles. The molecule has 0 aliphatic rings. The fraction of sp³-hybridized carbons (Fsp3) is 0.885. The van der Waals surface area contributed by atoms with Crippen LogP contribution in [0.2, 0.25) is 0 Å². The number of esters is 1. The molecular weight excluding hydrogens is 432 g/mol. The summed E-state index contributed by atoms with van der Waals surface area (Å²) >= 11 is 0. The highest BCUT2D eigenvalue weighted by atomic mass is 16.5. The summed E-state index contributed by atoms with van der Waals surface area (Å²) in [6, 6.07) is -0.564. The Balaban J connectivity index is 4.20. The van der Waals surface area contributed by atoms with Crippen molar-refractivity contribution in [1.82, 2.24) is 21.3 Å². The number of hydrogen-bond acceptors (Lipinski definition) is 4. The predicted octanol–water partition coefficient (Wildman–Crippen LogP) is 5.41. The molecule has 8 nitrogen and oxygen atoms in total. The lowest BCUT2D eigenvalue weighted by Gasteiger charge is -2.19. The Kier molecular flexibility index (Phi) is 22.7. The van der Waals surface area contributed by atoms with Gasteiger partial charge in [-0.1, -0.05) is 91.4 Å². The van der Waals surface area contributed by atoms with E-state index < -0.39 is 6.10 Å². The predicted molar refractivity (Wildman–Crippen MR) is 139 cm³/mol. The molecule has 34 heavy (non-hydrogen) atoms. The Bertz CT molecular complexity index is 483. The van der Waals surface area contributed by atoms with Crippen LogP contribution in [0.4, 0.5) is 9.59 Å². The number of carbonyl (C=O) groups is 3. The van der Waals surface area contributed by atoms with E-state index in [0.717, 1.165) is 38.5 Å². The third-order valence-corrected chi connectivity index (χ3v) is 5.64. The lowest BCUT2D eigenvalue weighted by molar-refractivity contribution is -0.148. The Labute approximate surface area is 208 Å². The Morgan fingerprint density at radius 1 is 0.559 bits per heavy atom. The third kappa shape index (κ3) is 21.8. The van der Waals surface area contributed by atoms with Crippen LogP contribution in [-0.2, 0) is 9.53 Å². The molecule has 0 aromatic heterocycles. The molecule has 0 saturated heterocycles. The molecule has 0 aromatic rings. The zero-order chi connectivity index (χ0) is 25.3. The van der Waals surface area contributed by atoms with Gasteiger partial charge < -0.3 is 26.0 Å². The maximum Gasteiger partial charge on any atom is 0.314 e. The average Bonchev–Trinajstić information content (AvgIpc) is 2.83. The molecule has 0 aliphatic heterocycles. The molecular formula is C26H52N4O4. The number of nitrogens with one attached hydrogen (secondary N) is 4. The van der Waals surface area contributed by atoms with Crippen LogP contribution >= 0.6 is 0 Å². The number of amides is 4. The molecule has 8 heteroatoms. The van der Waals surface area contributed by atoms with Gasteiger partial charge in [-0.2, -0.15) is 0 Å². The lowest BCUT2D eigenvalue weighted by Crippen LogP contribution is -2.47. The van der Waals surface area contributed by atoms with Gasteiger partial charge in [0.2, 0.25) is 0 Å². The molecule has 0 saturated carbocycles. The van der Waals surface area contributed by atoms with E-state index in [-0.39, 0.29) is 31.1 Å². The maximum absolute atomic E-state index is 12.1. The Hall–Kier alpha value is -1.99. The first kappa shape index (κ1) is 32.0. The van der Waals surface area contributed by atoms with Crippen LogP contribution < -0.4 is 21.3 Å². The first-order valence-corrected chi connectivity index (χ1v) is 13.8. The van der Waals surface area contributed by atoms with Gasteiger partial charge in [0.05, 0.1) is 13.1 Å². The number of urea groups is 2. The number of ether oxygens (including phenoxy) is 1. The minimum Gasteiger partial charge on any atom is -0.459 e. The van der Waals surface area contributed by atoms with E-state index in [1.165, 1.54) is 51.4 Å². The fourth-order valence-corrected chi connectivity index (χ4v) is 3.47. The smallest absolute Gasteiger partial charge is 0.314 e. The summed E-state index contributed by atoms with van der Waals surface area (Å²) in [6.07, 6.45) is 15.3. The van der Waals surface area contributed by atoms with Gasteiger partial charge in [0.15, 0.2) is 0 Å². The van der Waals surface area contributed by atoms with Gasteiger partial charge in [0.25, 0.3) is 0 Å². The first-order chi connectivity index (χ1) is 16.5. The summed E-state index contributed by atoms with van der Waals surface area (Å²) in [5.74, 6) is -0.310. The summed E-state index contributed by atoms with van der Waals surface area (Å²) in [5, 5.41) is 11.2. The van der Waals surface area contributed by atoms with E-state index in [4.69, 9.17) is 4.74 Å². The molecule has 4 N–H and O–H groups in total. The number of rotatable bonds is 22. The van der Waals surface area contributed by atoms with Crippen molar-refractivity contribution in [3.63, 3.8) is 0 Å². The molecule has 0 aliphatic carbocycles. The average molecular weight is 485 g/mol. The molecule has 0 unspecified atom stereocenters. The van der Waals surface area contributed by atoms with Gasteiger partial charge in [0, 0.05) is 19.5 Å². The molecule has 4 amide bonds. The molecule has 0 spiro atoms. The highest BCUT2D eigenvalue weighted by Crippen LogP contribution is 2.05. The van der Waals surface area contributed by atoms with Crippen molar-refractivity contribution in [2.24, 2.45) is 0 Å². The summed E-state index contributed by atoms with van der Waals surface area (Å²) < 4.78 is 5.49. The highest BCUT2D eigenvalue weighted by Gasteiger charge is 2.16. The molecule has 0 fully saturated rings. The van der Waals surface area contributed by atoms with Crippen LogP contribution in [0.5, 0.6) is 0 Å². The van der Waals surface area contributed by atoms with Crippen LogP contribution in [-0.4, -0.2) is 50.3 Å². The SMILES string of the molecule is CCCCCCCCNC(=O)NCC(CNC(=O)NCCCCCCCC)OC(=O)CCCC. The van der Waals surface area contributed by atoms with Crippen LogP contribution in [0.1, 0.15) is 117 Å². The summed E-state index contributed by atoms with van der Waals surface area (Å²) in [7, 11) is 0. The quantitative estimate of drug-likeness (QED) is 0.122. The van der Waals surface area contributed by atoms with Crippen molar-refractivity contribution in [1.29, 1.82) is 0 Å². The van der Waals surface area contributed by atoms with E-state index in [1.807, 2.05) is 6.92 Å². The van der Waals surface area contributed by atoms with E-state index >= 15 is 0 Å². The third-order valence-electron chi connectivity index (χ3n) is 5.64. The van der Waals surface area contributed by atoms with E-state index in [1.54, 1.807) is 0 Å². The van der Waals surface area contributed by atoms with Gasteiger partial charge in [-0.05, 0) is 19.3 Å². The zero-order valence-corrected chi connectivity index (χ0v) is 22.1. The van der Waals surface area contributed by atoms with Gasteiger partial charge in [-0.15, -0.1) is 0 Å². The Morgan fingerprint density at radius 2 is 0.971 bits per heavy atom. The summed E-state index contributed by atoms with van der Waals surface area (Å²) in [6.45, 7) is 7.94. The first-order valence-electron chi connectivity index (χ1n) is 13.8. The minimum absolute atomic E-state index is 0.151. The molecule has 0 bridgehead atoms. The molecule has 0 rings (SSSR count). The second-order valence-corrected chi connectivity index (χ2v) is 9.02. The number of unbranched alkanes of at least 4 members (excludes halogenated alkanes) is 11. The Morgan fingerprint density at radius 3 is 1.41 bits per heavy atom. The summed E-state index contributed by atoms with van der Waals surface area (Å²) in [4.78, 5) is 36.2. The monoisotopic (exact) mass is 484 g/mol. The largest absolute Gasteiger partial charge is 0.459 e. The lowest BCUT2D eigenvalue weighted by atomic mass is 10.1. The van der Waals surface area contributed by atoms with Crippen LogP contribution in [0.25, 0.3) is 0 Å². The second kappa shape index (κ2) is 24.1. The van der Waals surface area contributed by atoms with Crippen molar-refractivity contribution in [3.8, 4) is 0 Å². The maximum atomic E-state index is 12.1. The standard InChI is InChI=1S/C26H52N4O4/c1-4-7-10-12-14-16-19-27-25(32)29-21-23(34-24(31)18-9-6-3)22-30-26(33)28-20-17-15-13-11-8-5-2/h23H,4-22H2,1-3H3,(H2,27,29,32)(H2,28,30,33). The van der Waals surface area contributed by atoms with Crippen molar-refractivity contribution in [3.05, 3.63) is 0 Å². The van der Waals surface area contributed by atoms with Gasteiger partial charge in [-0.3, -0.25) is 4.79 Å². The molecule has 0 radical (unpaired) electrons. The molecule has 200 valence electrons. The van der Waals surface area contributed by atoms with Crippen LogP contribution in [0.15, 0.2) is 0 Å². The number of hydrogen-bond donors (Lipinski definition) is 4. The zero-order valence-electron chi connectivity index (χ0n) is 22.1. The topological polar surface area (TPSA) is 109 Å². The van der Waals surface area contributed by atoms with Crippen molar-refractivity contribution in [2.75, 3.05) is 26.2 Å². The van der Waals surface area contributed by atoms with Crippen LogP contribution in [0.3, 0.4) is 0 Å². The normalized spacial score (nSPS) is 10.7. The molecule has 0 aromatic carbocycles. The van der Waals surface area contributed by atoms with E-state index in [9.17, 15) is 14.4 Å². The van der Waals surface area contributed by atoms with E-state index in [0.29, 0.717) is 19.5 Å². The minimum atomic E-state index is -0.607. The van der Waals surface area contributed by atoms with Crippen molar-refractivity contribution in [2.45, 2.75) is 123 Å². The van der Waals surface area contributed by atoms with Crippen molar-refractivity contribution < 1.29 is 19.1 Å². The van der Waals surface area contributed by atoms with Gasteiger partial charge in [0.1, 0.15) is 6.10 Å². The number of carbonyl (C=O) groups excluding carboxylic acids is 3. The fourth-order valence-electron chi connectivity index (χ4n) is 3.47. The van der Waals surface area contributed by atoms with Gasteiger partial charge >= 0.3 is 18.0 Å². The second-order valence-electron chi connectivity index (χ2n) is 9.02.